The van der Waals surface area contributed by atoms with Crippen LogP contribution in [0.4, 0.5) is 0 Å². The monoisotopic (exact) mass is 394 g/mol. The first-order valence-corrected chi connectivity index (χ1v) is 11.3. The highest BCUT2D eigenvalue weighted by molar-refractivity contribution is 7.89. The second-order valence-corrected chi connectivity index (χ2v) is 9.51. The first-order valence-electron chi connectivity index (χ1n) is 8.95. The molecular formula is C19H26N2O3S2. The van der Waals surface area contributed by atoms with Crippen LogP contribution in [0.2, 0.25) is 0 Å². The van der Waals surface area contributed by atoms with Crippen LogP contribution >= 0.6 is 11.3 Å². The fraction of sp³-hybridized carbons (Fsp3) is 0.474. The third kappa shape index (κ3) is 5.14. The van der Waals surface area contributed by atoms with Gasteiger partial charge in [0.2, 0.25) is 10.0 Å². The average Bonchev–Trinajstić information content (AvgIpc) is 3.15. The Labute approximate surface area is 160 Å². The molecule has 1 saturated heterocycles. The van der Waals surface area contributed by atoms with E-state index in [0.29, 0.717) is 18.0 Å². The molecule has 0 unspecified atom stereocenters. The van der Waals surface area contributed by atoms with Gasteiger partial charge in [0.1, 0.15) is 0 Å². The Morgan fingerprint density at radius 2 is 1.88 bits per heavy atom. The van der Waals surface area contributed by atoms with Crippen LogP contribution in [0.5, 0.6) is 0 Å². The van der Waals surface area contributed by atoms with Gasteiger partial charge < -0.3 is 4.74 Å². The maximum atomic E-state index is 13.1. The molecule has 0 spiro atoms. The normalized spacial score (nSPS) is 16.2. The number of aryl methyl sites for hydroxylation is 1. The highest BCUT2D eigenvalue weighted by Crippen LogP contribution is 2.21. The van der Waals surface area contributed by atoms with Crippen LogP contribution in [0, 0.1) is 6.92 Å². The van der Waals surface area contributed by atoms with Gasteiger partial charge in [0.25, 0.3) is 0 Å². The molecule has 1 aliphatic rings. The Hall–Kier alpha value is -1.25. The van der Waals surface area contributed by atoms with Crippen molar-refractivity contribution in [2.24, 2.45) is 0 Å². The minimum absolute atomic E-state index is 0.367. The lowest BCUT2D eigenvalue weighted by Crippen LogP contribution is -2.39. The Balaban J connectivity index is 1.70. The Morgan fingerprint density at radius 3 is 2.54 bits per heavy atom. The molecule has 3 rings (SSSR count). The number of nitrogens with zero attached hydrogens (tertiary/aromatic N) is 2. The van der Waals surface area contributed by atoms with E-state index < -0.39 is 10.0 Å². The molecule has 5 nitrogen and oxygen atoms in total. The molecule has 0 N–H and O–H groups in total. The summed E-state index contributed by atoms with van der Waals surface area (Å²) in [6.45, 7) is 7.19. The predicted molar refractivity (Wildman–Crippen MR) is 105 cm³/mol. The van der Waals surface area contributed by atoms with E-state index in [0.717, 1.165) is 49.7 Å². The number of ether oxygens (including phenoxy) is 1. The summed E-state index contributed by atoms with van der Waals surface area (Å²) >= 11 is 1.59. The lowest BCUT2D eigenvalue weighted by Gasteiger charge is -2.28. The Bertz CT molecular complexity index is 768. The topological polar surface area (TPSA) is 49.9 Å². The maximum absolute atomic E-state index is 13.1. The summed E-state index contributed by atoms with van der Waals surface area (Å²) in [5.74, 6) is 0. The molecule has 0 atom stereocenters. The summed E-state index contributed by atoms with van der Waals surface area (Å²) in [4.78, 5) is 3.77. The molecule has 142 valence electrons. The van der Waals surface area contributed by atoms with Gasteiger partial charge in [-0.2, -0.15) is 4.31 Å². The molecule has 7 heteroatoms. The average molecular weight is 395 g/mol. The number of thiophene rings is 1. The van der Waals surface area contributed by atoms with E-state index in [4.69, 9.17) is 4.74 Å². The minimum Gasteiger partial charge on any atom is -0.379 e. The molecule has 1 aromatic carbocycles. The van der Waals surface area contributed by atoms with Crippen molar-refractivity contribution in [3.63, 3.8) is 0 Å². The fourth-order valence-corrected chi connectivity index (χ4v) is 5.27. The van der Waals surface area contributed by atoms with E-state index in [1.165, 1.54) is 0 Å². The molecule has 0 saturated carbocycles. The van der Waals surface area contributed by atoms with Gasteiger partial charge in [0.05, 0.1) is 18.1 Å². The van der Waals surface area contributed by atoms with Crippen molar-refractivity contribution in [1.82, 2.24) is 9.21 Å². The van der Waals surface area contributed by atoms with E-state index in [1.54, 1.807) is 27.8 Å². The second-order valence-electron chi connectivity index (χ2n) is 6.54. The van der Waals surface area contributed by atoms with Gasteiger partial charge in [-0.15, -0.1) is 11.3 Å². The van der Waals surface area contributed by atoms with Crippen molar-refractivity contribution < 1.29 is 13.2 Å². The lowest BCUT2D eigenvalue weighted by atomic mass is 10.2. The van der Waals surface area contributed by atoms with Gasteiger partial charge in [-0.3, -0.25) is 4.90 Å². The highest BCUT2D eigenvalue weighted by atomic mass is 32.2. The summed E-state index contributed by atoms with van der Waals surface area (Å²) in [7, 11) is -3.50. The number of hydrogen-bond acceptors (Lipinski definition) is 5. The van der Waals surface area contributed by atoms with Crippen LogP contribution in [-0.4, -0.2) is 57.0 Å². The zero-order valence-electron chi connectivity index (χ0n) is 15.1. The standard InChI is InChI=1S/C19H26N2O3S2/c1-17-5-7-19(8-6-17)26(22,23)21(16-18-4-2-15-25-18)10-3-9-20-11-13-24-14-12-20/h2,4-8,15H,3,9-14,16H2,1H3. The van der Waals surface area contributed by atoms with Gasteiger partial charge in [0.15, 0.2) is 0 Å². The largest absolute Gasteiger partial charge is 0.379 e. The van der Waals surface area contributed by atoms with Crippen LogP contribution in [0.3, 0.4) is 0 Å². The third-order valence-electron chi connectivity index (χ3n) is 4.56. The van der Waals surface area contributed by atoms with Crippen LogP contribution in [0.15, 0.2) is 46.7 Å². The zero-order chi connectivity index (χ0) is 18.4. The molecule has 26 heavy (non-hydrogen) atoms. The van der Waals surface area contributed by atoms with E-state index >= 15 is 0 Å². The number of hydrogen-bond donors (Lipinski definition) is 0. The minimum atomic E-state index is -3.50. The molecular weight excluding hydrogens is 368 g/mol. The van der Waals surface area contributed by atoms with Crippen LogP contribution in [-0.2, 0) is 21.3 Å². The zero-order valence-corrected chi connectivity index (χ0v) is 16.8. The van der Waals surface area contributed by atoms with Gasteiger partial charge >= 0.3 is 0 Å². The van der Waals surface area contributed by atoms with Gasteiger partial charge in [-0.25, -0.2) is 8.42 Å². The maximum Gasteiger partial charge on any atom is 0.243 e. The van der Waals surface area contributed by atoms with E-state index in [9.17, 15) is 8.42 Å². The fourth-order valence-electron chi connectivity index (χ4n) is 3.02. The molecule has 0 bridgehead atoms. The number of benzene rings is 1. The predicted octanol–water partition coefficient (Wildman–Crippen LogP) is 2.97. The molecule has 0 amide bonds. The molecule has 0 aliphatic carbocycles. The number of sulfonamides is 1. The first kappa shape index (κ1) is 19.5. The molecule has 1 fully saturated rings. The summed E-state index contributed by atoms with van der Waals surface area (Å²) < 4.78 is 33.3. The van der Waals surface area contributed by atoms with E-state index in [1.807, 2.05) is 36.6 Å². The highest BCUT2D eigenvalue weighted by Gasteiger charge is 2.25. The van der Waals surface area contributed by atoms with Crippen LogP contribution < -0.4 is 0 Å². The van der Waals surface area contributed by atoms with Gasteiger partial charge in [-0.1, -0.05) is 23.8 Å². The van der Waals surface area contributed by atoms with Crippen molar-refractivity contribution in [3.8, 4) is 0 Å². The van der Waals surface area contributed by atoms with Gasteiger partial charge in [0, 0.05) is 31.1 Å². The third-order valence-corrected chi connectivity index (χ3v) is 7.28. The first-order chi connectivity index (χ1) is 12.6. The van der Waals surface area contributed by atoms with Crippen molar-refractivity contribution in [1.29, 1.82) is 0 Å². The molecule has 0 radical (unpaired) electrons. The van der Waals surface area contributed by atoms with Gasteiger partial charge in [-0.05, 0) is 43.5 Å². The quantitative estimate of drug-likeness (QED) is 0.691. The molecule has 2 heterocycles. The lowest BCUT2D eigenvalue weighted by molar-refractivity contribution is 0.0368. The van der Waals surface area contributed by atoms with Crippen molar-refractivity contribution in [2.75, 3.05) is 39.4 Å². The second kappa shape index (κ2) is 9.10. The number of rotatable bonds is 8. The summed E-state index contributed by atoms with van der Waals surface area (Å²) in [6, 6.07) is 11.1. The summed E-state index contributed by atoms with van der Waals surface area (Å²) in [5.41, 5.74) is 1.06. The Kier molecular flexibility index (Phi) is 6.83. The SMILES string of the molecule is Cc1ccc(S(=O)(=O)N(CCCN2CCOCC2)Cc2cccs2)cc1. The summed E-state index contributed by atoms with van der Waals surface area (Å²) in [6.07, 6.45) is 0.816. The number of morpholine rings is 1. The van der Waals surface area contributed by atoms with Crippen LogP contribution in [0.1, 0.15) is 16.9 Å². The van der Waals surface area contributed by atoms with Crippen LogP contribution in [0.25, 0.3) is 0 Å². The Morgan fingerprint density at radius 1 is 1.15 bits per heavy atom. The summed E-state index contributed by atoms with van der Waals surface area (Å²) in [5, 5.41) is 1.99. The van der Waals surface area contributed by atoms with E-state index in [-0.39, 0.29) is 0 Å². The van der Waals surface area contributed by atoms with E-state index in [2.05, 4.69) is 4.90 Å². The smallest absolute Gasteiger partial charge is 0.243 e. The molecule has 1 aliphatic heterocycles. The molecule has 2 aromatic rings. The van der Waals surface area contributed by atoms with Crippen molar-refractivity contribution >= 4 is 21.4 Å². The van der Waals surface area contributed by atoms with Crippen molar-refractivity contribution in [2.45, 2.75) is 24.8 Å². The molecule has 1 aromatic heterocycles. The van der Waals surface area contributed by atoms with Crippen molar-refractivity contribution in [3.05, 3.63) is 52.2 Å².